The van der Waals surface area contributed by atoms with Gasteiger partial charge in [0.2, 0.25) is 0 Å². The summed E-state index contributed by atoms with van der Waals surface area (Å²) in [6.45, 7) is 5.52. The number of aryl methyl sites for hydroxylation is 1. The van der Waals surface area contributed by atoms with Crippen LogP contribution in [0.2, 0.25) is 0 Å². The number of sulfonamides is 1. The summed E-state index contributed by atoms with van der Waals surface area (Å²) in [5, 5.41) is 1.71. The summed E-state index contributed by atoms with van der Waals surface area (Å²) in [5.74, 6) is -0.515. The van der Waals surface area contributed by atoms with E-state index in [9.17, 15) is 13.2 Å². The lowest BCUT2D eigenvalue weighted by molar-refractivity contribution is 0.0600. The number of hydrogen-bond acceptors (Lipinski definition) is 5. The Hall–Kier alpha value is -2.12. The van der Waals surface area contributed by atoms with Crippen LogP contribution in [0, 0.1) is 6.92 Å². The maximum atomic E-state index is 12.9. The summed E-state index contributed by atoms with van der Waals surface area (Å²) in [7, 11) is -2.43. The lowest BCUT2D eigenvalue weighted by atomic mass is 10.1. The van der Waals surface area contributed by atoms with E-state index < -0.39 is 16.0 Å². The Morgan fingerprint density at radius 3 is 2.70 bits per heavy atom. The number of esters is 1. The quantitative estimate of drug-likeness (QED) is 0.592. The third kappa shape index (κ3) is 3.46. The van der Waals surface area contributed by atoms with Crippen LogP contribution in [0.4, 0.5) is 5.69 Å². The molecule has 0 amide bonds. The van der Waals surface area contributed by atoms with Gasteiger partial charge in [0.15, 0.2) is 0 Å². The van der Waals surface area contributed by atoms with E-state index >= 15 is 0 Å². The molecule has 1 heterocycles. The van der Waals surface area contributed by atoms with E-state index in [0.717, 1.165) is 16.9 Å². The van der Waals surface area contributed by atoms with Crippen LogP contribution in [0.25, 0.3) is 0 Å². The normalized spacial score (nSPS) is 11.0. The summed E-state index contributed by atoms with van der Waals surface area (Å²) >= 11 is 1.14. The highest BCUT2D eigenvalue weighted by Crippen LogP contribution is 2.30. The van der Waals surface area contributed by atoms with Crippen molar-refractivity contribution in [2.45, 2.75) is 11.1 Å². The van der Waals surface area contributed by atoms with Crippen molar-refractivity contribution in [2.75, 3.05) is 18.0 Å². The molecular formula is C16H17NO4S2. The number of anilines is 1. The topological polar surface area (TPSA) is 63.7 Å². The Balaban J connectivity index is 2.58. The molecule has 7 heteroatoms. The fraction of sp³-hybridized carbons (Fsp3) is 0.188. The molecule has 0 spiro atoms. The second kappa shape index (κ2) is 6.97. The fourth-order valence-electron chi connectivity index (χ4n) is 2.08. The molecular weight excluding hydrogens is 334 g/mol. The van der Waals surface area contributed by atoms with E-state index in [1.165, 1.54) is 23.6 Å². The van der Waals surface area contributed by atoms with Crippen LogP contribution < -0.4 is 4.31 Å². The maximum absolute atomic E-state index is 12.9. The minimum atomic E-state index is -3.72. The zero-order valence-electron chi connectivity index (χ0n) is 12.9. The van der Waals surface area contributed by atoms with Gasteiger partial charge in [0, 0.05) is 0 Å². The van der Waals surface area contributed by atoms with Gasteiger partial charge in [-0.1, -0.05) is 18.2 Å². The Kier molecular flexibility index (Phi) is 5.23. The number of methoxy groups -OCH3 is 1. The molecule has 122 valence electrons. The van der Waals surface area contributed by atoms with Crippen LogP contribution in [0.3, 0.4) is 0 Å². The van der Waals surface area contributed by atoms with Crippen molar-refractivity contribution in [2.24, 2.45) is 0 Å². The highest BCUT2D eigenvalue weighted by atomic mass is 32.2. The number of ether oxygens (including phenoxy) is 1. The van der Waals surface area contributed by atoms with Crippen molar-refractivity contribution < 1.29 is 17.9 Å². The van der Waals surface area contributed by atoms with Crippen molar-refractivity contribution in [3.8, 4) is 0 Å². The highest BCUT2D eigenvalue weighted by Gasteiger charge is 2.26. The lowest BCUT2D eigenvalue weighted by Crippen LogP contribution is -2.31. The predicted molar refractivity (Wildman–Crippen MR) is 91.6 cm³/mol. The zero-order valence-corrected chi connectivity index (χ0v) is 14.5. The van der Waals surface area contributed by atoms with Crippen molar-refractivity contribution in [3.05, 3.63) is 59.5 Å². The molecule has 0 aliphatic rings. The maximum Gasteiger partial charge on any atom is 0.337 e. The molecule has 1 aromatic carbocycles. The first-order valence-electron chi connectivity index (χ1n) is 6.78. The first kappa shape index (κ1) is 17.2. The first-order valence-corrected chi connectivity index (χ1v) is 9.10. The molecule has 0 N–H and O–H groups in total. The average Bonchev–Trinajstić information content (AvgIpc) is 3.08. The molecule has 0 saturated heterocycles. The van der Waals surface area contributed by atoms with Crippen molar-refractivity contribution >= 4 is 33.0 Å². The molecule has 0 bridgehead atoms. The lowest BCUT2D eigenvalue weighted by Gasteiger charge is -2.24. The van der Waals surface area contributed by atoms with Gasteiger partial charge in [-0.2, -0.15) is 0 Å². The Labute approximate surface area is 139 Å². The van der Waals surface area contributed by atoms with Gasteiger partial charge in [0.05, 0.1) is 24.9 Å². The molecule has 0 unspecified atom stereocenters. The van der Waals surface area contributed by atoms with Crippen LogP contribution >= 0.6 is 11.3 Å². The van der Waals surface area contributed by atoms with Crippen molar-refractivity contribution in [1.82, 2.24) is 0 Å². The number of thiophene rings is 1. The van der Waals surface area contributed by atoms with Gasteiger partial charge in [-0.25, -0.2) is 13.2 Å². The summed E-state index contributed by atoms with van der Waals surface area (Å²) in [4.78, 5) is 11.7. The zero-order chi connectivity index (χ0) is 17.0. The smallest absolute Gasteiger partial charge is 0.337 e. The Morgan fingerprint density at radius 1 is 1.39 bits per heavy atom. The summed E-state index contributed by atoms with van der Waals surface area (Å²) in [6, 6.07) is 8.06. The van der Waals surface area contributed by atoms with Gasteiger partial charge in [-0.15, -0.1) is 17.9 Å². The molecule has 5 nitrogen and oxygen atoms in total. The molecule has 23 heavy (non-hydrogen) atoms. The predicted octanol–water partition coefficient (Wildman–Crippen LogP) is 3.22. The van der Waals surface area contributed by atoms with Crippen molar-refractivity contribution in [3.63, 3.8) is 0 Å². The Bertz CT molecular complexity index is 811. The van der Waals surface area contributed by atoms with Crippen LogP contribution in [0.1, 0.15) is 15.9 Å². The molecule has 2 aromatic rings. The number of hydrogen-bond donors (Lipinski definition) is 0. The SMILES string of the molecule is C=CCN(c1cc(C(=O)OC)ccc1C)S(=O)(=O)c1cccs1. The molecule has 0 fully saturated rings. The van der Waals surface area contributed by atoms with E-state index in [-0.39, 0.29) is 10.8 Å². The molecule has 0 saturated carbocycles. The van der Waals surface area contributed by atoms with Crippen LogP contribution in [-0.2, 0) is 14.8 Å². The van der Waals surface area contributed by atoms with Crippen LogP contribution in [-0.4, -0.2) is 28.0 Å². The second-order valence-electron chi connectivity index (χ2n) is 4.75. The molecule has 0 radical (unpaired) electrons. The van der Waals surface area contributed by atoms with Gasteiger partial charge in [-0.3, -0.25) is 4.31 Å². The van der Waals surface area contributed by atoms with E-state index in [4.69, 9.17) is 4.74 Å². The highest BCUT2D eigenvalue weighted by molar-refractivity contribution is 7.94. The minimum absolute atomic E-state index is 0.103. The van der Waals surface area contributed by atoms with Gasteiger partial charge >= 0.3 is 5.97 Å². The number of carbonyl (C=O) groups excluding carboxylic acids is 1. The molecule has 2 rings (SSSR count). The number of benzene rings is 1. The molecule has 0 aliphatic heterocycles. The van der Waals surface area contributed by atoms with Gasteiger partial charge in [-0.05, 0) is 36.1 Å². The fourth-order valence-corrected chi connectivity index (χ4v) is 4.68. The van der Waals surface area contributed by atoms with Gasteiger partial charge < -0.3 is 4.74 Å². The molecule has 0 atom stereocenters. The van der Waals surface area contributed by atoms with Crippen LogP contribution in [0.15, 0.2) is 52.6 Å². The second-order valence-corrected chi connectivity index (χ2v) is 7.79. The van der Waals surface area contributed by atoms with Crippen molar-refractivity contribution in [1.29, 1.82) is 0 Å². The molecule has 0 aliphatic carbocycles. The van der Waals surface area contributed by atoms with Gasteiger partial charge in [0.1, 0.15) is 4.21 Å². The third-order valence-electron chi connectivity index (χ3n) is 3.23. The average molecular weight is 351 g/mol. The molecule has 1 aromatic heterocycles. The van der Waals surface area contributed by atoms with E-state index in [1.54, 1.807) is 36.6 Å². The van der Waals surface area contributed by atoms with Gasteiger partial charge in [0.25, 0.3) is 10.0 Å². The van der Waals surface area contributed by atoms with Crippen LogP contribution in [0.5, 0.6) is 0 Å². The summed E-state index contributed by atoms with van der Waals surface area (Å²) in [5.41, 5.74) is 1.46. The standard InChI is InChI=1S/C16H17NO4S2/c1-4-9-17(23(19,20)15-6-5-10-22-15)14-11-13(16(18)21-3)8-7-12(14)2/h4-8,10-11H,1,9H2,2-3H3. The Morgan fingerprint density at radius 2 is 2.13 bits per heavy atom. The minimum Gasteiger partial charge on any atom is -0.465 e. The number of rotatable bonds is 6. The third-order valence-corrected chi connectivity index (χ3v) is 6.39. The van der Waals surface area contributed by atoms with E-state index in [1.807, 2.05) is 0 Å². The monoisotopic (exact) mass is 351 g/mol. The van der Waals surface area contributed by atoms with E-state index in [2.05, 4.69) is 6.58 Å². The largest absolute Gasteiger partial charge is 0.465 e. The number of nitrogens with zero attached hydrogens (tertiary/aromatic N) is 1. The van der Waals surface area contributed by atoms with E-state index in [0.29, 0.717) is 11.3 Å². The first-order chi connectivity index (χ1) is 10.9. The summed E-state index contributed by atoms with van der Waals surface area (Å²) in [6.07, 6.45) is 1.51. The number of carbonyl (C=O) groups is 1. The summed E-state index contributed by atoms with van der Waals surface area (Å²) < 4.78 is 31.9.